The van der Waals surface area contributed by atoms with Gasteiger partial charge in [0.15, 0.2) is 0 Å². The smallest absolute Gasteiger partial charge is 0.252 e. The van der Waals surface area contributed by atoms with Gasteiger partial charge in [0.25, 0.3) is 5.91 Å². The fourth-order valence-electron chi connectivity index (χ4n) is 25.5. The lowest BCUT2D eigenvalue weighted by Crippen LogP contribution is -2.43. The van der Waals surface area contributed by atoms with Crippen molar-refractivity contribution in [1.29, 1.82) is 0 Å². The van der Waals surface area contributed by atoms with Crippen LogP contribution in [0.2, 0.25) is 0 Å². The van der Waals surface area contributed by atoms with Gasteiger partial charge < -0.3 is 75.1 Å². The molecule has 6 spiro atoms. The summed E-state index contributed by atoms with van der Waals surface area (Å²) in [5, 5.41) is 25.5. The second kappa shape index (κ2) is 46.2. The molecule has 141 heavy (non-hydrogen) atoms. The van der Waals surface area contributed by atoms with E-state index in [2.05, 4.69) is 236 Å². The van der Waals surface area contributed by atoms with Gasteiger partial charge in [0, 0.05) is 86.5 Å². The number of carbonyl (C=O) groups is 1. The SMILES string of the molecule is C.C.C1CCOC1.CN(C)C=NC(C)(C)C.COc1cc(C)c2c(c1)C1(CCCCC1)N(C=NC(C)(C)C)C2.COc1cc(C)c2c(c1)C1(CCCCC1)N(C=NC(C)(C)C)C2C.COc1cc(C)c2c(c1)C1(CCCCC1)NC2.COc1cc(C)c2c(c1)C1(CCCCC1)NC2=O.Cc1cc(-n2ccc3c(N)ncnc32)cc2c1C(C)NC21CCCCC1.Cc1cc(O)cc2c1C(C)NC21CCCCC1. The van der Waals surface area contributed by atoms with Crippen LogP contribution in [0.3, 0.4) is 0 Å². The molecule has 8 aromatic rings. The first-order valence-corrected chi connectivity index (χ1v) is 53.1. The third-order valence-electron chi connectivity index (χ3n) is 32.2. The first kappa shape index (κ1) is 110. The van der Waals surface area contributed by atoms with Crippen molar-refractivity contribution < 1.29 is 33.6 Å². The summed E-state index contributed by atoms with van der Waals surface area (Å²) in [4.78, 5) is 41.7. The number of phenols is 1. The number of rotatable bonds is 8. The Morgan fingerprint density at radius 1 is 0.468 bits per heavy atom. The van der Waals surface area contributed by atoms with Crippen LogP contribution in [0.25, 0.3) is 16.7 Å². The lowest BCUT2D eigenvalue weighted by molar-refractivity contribution is 0.0909. The maximum Gasteiger partial charge on any atom is 0.252 e. The van der Waals surface area contributed by atoms with Crippen LogP contribution >= 0.6 is 0 Å². The van der Waals surface area contributed by atoms with E-state index in [1.54, 1.807) is 34.8 Å². The number of aromatic hydroxyl groups is 1. The fraction of sp³-hybridized carbons (Fsp3) is 0.617. The van der Waals surface area contributed by atoms with Gasteiger partial charge in [-0.3, -0.25) is 19.8 Å². The highest BCUT2D eigenvalue weighted by Gasteiger charge is 2.52. The maximum absolute atomic E-state index is 12.2. The van der Waals surface area contributed by atoms with Gasteiger partial charge in [0.2, 0.25) is 0 Å². The number of methoxy groups -OCH3 is 4. The van der Waals surface area contributed by atoms with Crippen LogP contribution in [0.4, 0.5) is 5.82 Å². The fourth-order valence-corrected chi connectivity index (χ4v) is 25.5. The van der Waals surface area contributed by atoms with E-state index in [1.165, 1.54) is 276 Å². The van der Waals surface area contributed by atoms with Crippen LogP contribution in [0.15, 0.2) is 106 Å². The van der Waals surface area contributed by atoms with Crippen molar-refractivity contribution in [3.63, 3.8) is 0 Å². The number of benzene rings is 6. The van der Waals surface area contributed by atoms with Gasteiger partial charge in [-0.1, -0.05) is 130 Å². The Balaban J connectivity index is 0.000000147. The molecule has 6 aromatic carbocycles. The van der Waals surface area contributed by atoms with Crippen molar-refractivity contribution in [3.05, 3.63) is 192 Å². The van der Waals surface area contributed by atoms with Crippen molar-refractivity contribution in [2.75, 3.05) is 61.5 Å². The maximum atomic E-state index is 12.2. The number of phenolic OH excluding ortho intramolecular Hbond substituents is 1. The lowest BCUT2D eigenvalue weighted by atomic mass is 9.76. The van der Waals surface area contributed by atoms with Gasteiger partial charge in [-0.05, 0) is 388 Å². The highest BCUT2D eigenvalue weighted by Crippen LogP contribution is 2.57. The van der Waals surface area contributed by atoms with Crippen LogP contribution < -0.4 is 45.9 Å². The number of nitrogens with one attached hydrogen (secondary N) is 4. The van der Waals surface area contributed by atoms with E-state index >= 15 is 0 Å². The quantitative estimate of drug-likeness (QED) is 0.0613. The number of aromatic nitrogens is 3. The number of amides is 1. The van der Waals surface area contributed by atoms with Crippen LogP contribution in [0, 0.1) is 41.5 Å². The number of ether oxygens (including phenoxy) is 5. The van der Waals surface area contributed by atoms with Gasteiger partial charge in [-0.2, -0.15) is 0 Å². The molecule has 13 aliphatic rings. The van der Waals surface area contributed by atoms with Gasteiger partial charge in [-0.25, -0.2) is 9.97 Å². The Hall–Kier alpha value is -9.54. The minimum Gasteiger partial charge on any atom is -0.508 e. The third-order valence-corrected chi connectivity index (χ3v) is 32.2. The van der Waals surface area contributed by atoms with Crippen LogP contribution in [0.5, 0.6) is 28.7 Å². The topological polar surface area (TPSA) is 235 Å². The van der Waals surface area contributed by atoms with Crippen molar-refractivity contribution in [1.82, 2.24) is 50.5 Å². The molecule has 9 heterocycles. The van der Waals surface area contributed by atoms with Crippen LogP contribution in [-0.4, -0.2) is 132 Å². The number of nitrogens with two attached hydrogens (primary N) is 1. The molecule has 7 N–H and O–H groups in total. The Kier molecular flexibility index (Phi) is 36.2. The molecule has 7 fully saturated rings. The first-order valence-electron chi connectivity index (χ1n) is 53.1. The summed E-state index contributed by atoms with van der Waals surface area (Å²) in [5.74, 6) is 4.88. The largest absolute Gasteiger partial charge is 0.508 e. The lowest BCUT2D eigenvalue weighted by Gasteiger charge is -2.43. The normalized spacial score (nSPS) is 21.2. The van der Waals surface area contributed by atoms with Crippen LogP contribution in [0.1, 0.15) is 426 Å². The molecule has 3 atom stereocenters. The van der Waals surface area contributed by atoms with E-state index < -0.39 is 0 Å². The van der Waals surface area contributed by atoms with Crippen molar-refractivity contribution in [2.45, 2.75) is 426 Å². The van der Waals surface area contributed by atoms with E-state index in [9.17, 15) is 9.90 Å². The zero-order chi connectivity index (χ0) is 99.8. The van der Waals surface area contributed by atoms with Crippen molar-refractivity contribution in [2.24, 2.45) is 15.0 Å². The molecule has 3 unspecified atom stereocenters. The molecule has 21 nitrogen and oxygen atoms in total. The summed E-state index contributed by atoms with van der Waals surface area (Å²) < 4.78 is 29.0. The molecule has 21 heteroatoms. The van der Waals surface area contributed by atoms with Gasteiger partial charge in [0.1, 0.15) is 46.5 Å². The molecule has 2 aromatic heterocycles. The molecule has 0 radical (unpaired) electrons. The molecule has 1 amide bonds. The summed E-state index contributed by atoms with van der Waals surface area (Å²) in [6.07, 6.45) is 50.2. The number of anilines is 1. The van der Waals surface area contributed by atoms with E-state index in [4.69, 9.17) is 39.4 Å². The van der Waals surface area contributed by atoms with Gasteiger partial charge >= 0.3 is 0 Å². The summed E-state index contributed by atoms with van der Waals surface area (Å²) in [6, 6.07) is 29.0. The Labute approximate surface area is 849 Å². The number of aliphatic imine (C=N–C) groups is 3. The molecule has 0 bridgehead atoms. The monoisotopic (exact) mass is 1930 g/mol. The van der Waals surface area contributed by atoms with Crippen molar-refractivity contribution >= 4 is 41.8 Å². The molecular weight excluding hydrogens is 1750 g/mol. The standard InChI is InChI=1S/C21H25N5.C21H32N2O.C20H30N2O.C15H19NO2.2C15H21NO.C7H16N2.C4H8O.2CH4/c1-13-10-15(26-9-6-16-19(22)23-12-24-20(16)26)11-17-18(13)14(2)25-21(17)7-4-3-5-8-21;1-15-12-17(24-6)13-18-19(15)16(2)23(14-22-20(3,4)5)21(18)10-8-7-9-11-21;1-15-11-16(23-5)12-18-17(15)13-22(14-21-19(2,3)4)20(18)9-7-6-8-10-20;1-10-8-11(18-2)9-12-13(10)14(17)16-15(12)6-4-3-5-7-15;1-11-8-12(17-2)9-14-13(11)10-16-15(14)6-4-3-5-7-15;1-10-8-12(17)9-13-14(10)11(2)16-15(13)6-4-3-5-7-15;1-7(2,3)8-6-9(4)5;1-2-4-5-3-1;;/h6,9-12,14,25H,3-5,7-8H2,1-2H3,(H2,22,23,24);12-14,16H,7-11H2,1-6H3;11-12,14H,6-10,13H2,1-5H3;8-9H,3-7H2,1-2H3,(H,16,17);8-9,16H,3-7,10H2,1-2H3;8-9,11,16-17H,3-7H2,1-2H3;6H,1-5H3;1-4H2;2*1H4. The number of aryl methyl sites for hydroxylation is 6. The number of hydrogen-bond acceptors (Lipinski definition) is 16. The van der Waals surface area contributed by atoms with E-state index in [1.807, 2.05) is 62.6 Å². The third kappa shape index (κ3) is 24.3. The molecule has 21 rings (SSSR count). The average molecular weight is 1930 g/mol. The predicted molar refractivity (Wildman–Crippen MR) is 586 cm³/mol. The summed E-state index contributed by atoms with van der Waals surface area (Å²) in [6.45, 7) is 43.1. The average Bonchev–Trinajstić information content (AvgIpc) is 1.57. The summed E-state index contributed by atoms with van der Waals surface area (Å²) in [5.41, 5.74) is 33.1. The van der Waals surface area contributed by atoms with E-state index in [0.717, 1.165) is 95.6 Å². The zero-order valence-corrected chi connectivity index (χ0v) is 89.6. The second-order valence-corrected chi connectivity index (χ2v) is 45.9. The number of nitrogens with zero attached hydrogens (tertiary/aromatic N) is 9. The van der Waals surface area contributed by atoms with E-state index in [0.29, 0.717) is 29.7 Å². The minimum absolute atomic E-state index is 0. The highest BCUT2D eigenvalue weighted by atomic mass is 16.5. The molecule has 7 aliphatic heterocycles. The van der Waals surface area contributed by atoms with E-state index in [-0.39, 0.29) is 70.6 Å². The summed E-state index contributed by atoms with van der Waals surface area (Å²) >= 11 is 0. The molecule has 6 saturated carbocycles. The van der Waals surface area contributed by atoms with Gasteiger partial charge in [-0.15, -0.1) is 0 Å². The molecular formula is C120H180N14O7. The minimum atomic E-state index is -0.121. The first-order chi connectivity index (χ1) is 66.2. The second-order valence-electron chi connectivity index (χ2n) is 45.9. The van der Waals surface area contributed by atoms with Gasteiger partial charge in [0.05, 0.1) is 92.1 Å². The highest BCUT2D eigenvalue weighted by molar-refractivity contribution is 6.01. The summed E-state index contributed by atoms with van der Waals surface area (Å²) in [7, 11) is 10.9. The Morgan fingerprint density at radius 3 is 1.39 bits per heavy atom. The Morgan fingerprint density at radius 2 is 0.901 bits per heavy atom. The van der Waals surface area contributed by atoms with Crippen LogP contribution in [-0.2, 0) is 51.1 Å². The Bertz CT molecular complexity index is 5640. The van der Waals surface area contributed by atoms with Crippen molar-refractivity contribution in [3.8, 4) is 34.4 Å². The predicted octanol–water partition coefficient (Wildman–Crippen LogP) is 27.4. The number of hydrogen-bond donors (Lipinski definition) is 6. The number of fused-ring (bicyclic) bond motifs is 13. The number of carbonyl (C=O) groups excluding carboxylic acids is 1. The number of nitrogen functional groups attached to an aromatic ring is 1. The zero-order valence-electron chi connectivity index (χ0n) is 89.6. The molecule has 6 aliphatic carbocycles. The molecule has 1 saturated heterocycles. The molecule has 772 valence electrons.